The third-order valence-electron chi connectivity index (χ3n) is 5.11. The van der Waals surface area contributed by atoms with Crippen molar-refractivity contribution in [1.82, 2.24) is 9.97 Å². The number of halogens is 3. The van der Waals surface area contributed by atoms with Gasteiger partial charge >= 0.3 is 11.9 Å². The molecule has 0 fully saturated rings. The van der Waals surface area contributed by atoms with E-state index in [1.54, 1.807) is 18.3 Å². The quantitative estimate of drug-likeness (QED) is 0.394. The molecule has 0 saturated carbocycles. The molecule has 2 heterocycles. The zero-order valence-electron chi connectivity index (χ0n) is 16.4. The highest BCUT2D eigenvalue weighted by Crippen LogP contribution is 2.32. The molecule has 0 aliphatic rings. The van der Waals surface area contributed by atoms with E-state index in [9.17, 15) is 18.0 Å². The summed E-state index contributed by atoms with van der Waals surface area (Å²) in [4.78, 5) is 19.1. The minimum absolute atomic E-state index is 0.145. The molecule has 31 heavy (non-hydrogen) atoms. The van der Waals surface area contributed by atoms with Crippen LogP contribution in [-0.4, -0.2) is 22.6 Å². The maximum Gasteiger partial charge on any atom is 0.417 e. The van der Waals surface area contributed by atoms with Gasteiger partial charge in [-0.05, 0) is 41.3 Å². The molecule has 162 valence electrons. The van der Waals surface area contributed by atoms with Crippen molar-refractivity contribution < 1.29 is 17.6 Å². The molecule has 4 N–H and O–H groups in total. The summed E-state index contributed by atoms with van der Waals surface area (Å²) in [6.45, 7) is 2.28. The van der Waals surface area contributed by atoms with Crippen LogP contribution in [0.5, 0.6) is 0 Å². The van der Waals surface area contributed by atoms with E-state index in [2.05, 4.69) is 15.3 Å². The van der Waals surface area contributed by atoms with Gasteiger partial charge in [0.15, 0.2) is 10.7 Å². The summed E-state index contributed by atoms with van der Waals surface area (Å²) in [5.74, 6) is -0.650. The molecule has 0 bridgehead atoms. The standard InChI is InChI=1S/C21H19F3N4O2S/c1-11(12-2-5-14(6-3-12)21(22,23)24)15(25)9-26-19-27-10-18(31-19)13-4-7-16-17(8-13)30-20(29)28-16/h2-8,10-11,15H,9,25H2,1H3,(H,26,27)(H,28,29)/t11-,15+/m0/s1. The zero-order valence-corrected chi connectivity index (χ0v) is 17.2. The highest BCUT2D eigenvalue weighted by atomic mass is 32.1. The number of aromatic nitrogens is 2. The molecule has 0 saturated heterocycles. The third-order valence-corrected chi connectivity index (χ3v) is 6.11. The molecule has 0 unspecified atom stereocenters. The molecule has 0 aliphatic carbocycles. The first-order valence-electron chi connectivity index (χ1n) is 9.46. The number of H-pyrrole nitrogens is 1. The Bertz CT molecular complexity index is 1240. The molecule has 0 aliphatic heterocycles. The van der Waals surface area contributed by atoms with Crippen LogP contribution in [0, 0.1) is 0 Å². The van der Waals surface area contributed by atoms with Crippen LogP contribution in [0.4, 0.5) is 18.3 Å². The fourth-order valence-corrected chi connectivity index (χ4v) is 4.01. The maximum atomic E-state index is 12.7. The molecule has 4 rings (SSSR count). The fraction of sp³-hybridized carbons (Fsp3) is 0.238. The normalized spacial score (nSPS) is 14.0. The van der Waals surface area contributed by atoms with Crippen molar-refractivity contribution in [3.05, 3.63) is 70.3 Å². The molecular weight excluding hydrogens is 429 g/mol. The first-order chi connectivity index (χ1) is 14.7. The zero-order chi connectivity index (χ0) is 22.2. The van der Waals surface area contributed by atoms with Gasteiger partial charge in [0.1, 0.15) is 0 Å². The second kappa shape index (κ2) is 8.20. The molecule has 6 nitrogen and oxygen atoms in total. The highest BCUT2D eigenvalue weighted by molar-refractivity contribution is 7.18. The summed E-state index contributed by atoms with van der Waals surface area (Å²) < 4.78 is 43.3. The predicted molar refractivity (Wildman–Crippen MR) is 114 cm³/mol. The molecule has 10 heteroatoms. The highest BCUT2D eigenvalue weighted by Gasteiger charge is 2.30. The van der Waals surface area contributed by atoms with Crippen LogP contribution in [-0.2, 0) is 6.18 Å². The number of benzene rings is 2. The number of aromatic amines is 1. The average Bonchev–Trinajstić information content (AvgIpc) is 3.35. The van der Waals surface area contributed by atoms with Crippen molar-refractivity contribution in [2.45, 2.75) is 25.1 Å². The summed E-state index contributed by atoms with van der Waals surface area (Å²) in [6, 6.07) is 10.1. The van der Waals surface area contributed by atoms with E-state index < -0.39 is 17.5 Å². The maximum absolute atomic E-state index is 12.7. The molecule has 0 radical (unpaired) electrons. The Morgan fingerprint density at radius 1 is 1.23 bits per heavy atom. The van der Waals surface area contributed by atoms with Crippen LogP contribution in [0.15, 0.2) is 57.9 Å². The van der Waals surface area contributed by atoms with Crippen LogP contribution in [0.25, 0.3) is 21.5 Å². The minimum Gasteiger partial charge on any atom is -0.408 e. The smallest absolute Gasteiger partial charge is 0.408 e. The number of anilines is 1. The summed E-state index contributed by atoms with van der Waals surface area (Å²) in [5, 5.41) is 3.85. The number of rotatable bonds is 6. The minimum atomic E-state index is -4.36. The molecule has 4 aromatic rings. The number of oxazole rings is 1. The number of nitrogens with zero attached hydrogens (tertiary/aromatic N) is 1. The number of thiazole rings is 1. The van der Waals surface area contributed by atoms with Crippen LogP contribution in [0.3, 0.4) is 0 Å². The van der Waals surface area contributed by atoms with Crippen molar-refractivity contribution in [3.63, 3.8) is 0 Å². The van der Waals surface area contributed by atoms with Crippen molar-refractivity contribution in [3.8, 4) is 10.4 Å². The lowest BCUT2D eigenvalue weighted by Crippen LogP contribution is -2.34. The number of hydrogen-bond acceptors (Lipinski definition) is 6. The number of fused-ring (bicyclic) bond motifs is 1. The fourth-order valence-electron chi connectivity index (χ4n) is 3.19. The molecule has 0 amide bonds. The van der Waals surface area contributed by atoms with Gasteiger partial charge in [-0.15, -0.1) is 0 Å². The molecule has 0 spiro atoms. The van der Waals surface area contributed by atoms with Crippen molar-refractivity contribution in [1.29, 1.82) is 0 Å². The summed E-state index contributed by atoms with van der Waals surface area (Å²) >= 11 is 1.42. The SMILES string of the molecule is C[C@@H](c1ccc(C(F)(F)F)cc1)[C@H](N)CNc1ncc(-c2ccc3[nH]c(=O)oc3c2)s1. The molecule has 2 aromatic carbocycles. The Labute approximate surface area is 178 Å². The van der Waals surface area contributed by atoms with Gasteiger partial charge in [0.05, 0.1) is 16.0 Å². The third kappa shape index (κ3) is 4.64. The van der Waals surface area contributed by atoms with Gasteiger partial charge in [0, 0.05) is 18.8 Å². The lowest BCUT2D eigenvalue weighted by atomic mass is 9.93. The second-order valence-corrected chi connectivity index (χ2v) is 8.24. The van der Waals surface area contributed by atoms with Crippen molar-refractivity contribution in [2.75, 3.05) is 11.9 Å². The summed E-state index contributed by atoms with van der Waals surface area (Å²) in [7, 11) is 0. The number of hydrogen-bond donors (Lipinski definition) is 3. The van der Waals surface area contributed by atoms with Crippen molar-refractivity contribution in [2.24, 2.45) is 5.73 Å². The van der Waals surface area contributed by atoms with Gasteiger partial charge in [0.2, 0.25) is 0 Å². The molecular formula is C21H19F3N4O2S. The van der Waals surface area contributed by atoms with Gasteiger partial charge in [-0.3, -0.25) is 4.98 Å². The average molecular weight is 448 g/mol. The van der Waals surface area contributed by atoms with E-state index in [-0.39, 0.29) is 12.0 Å². The van der Waals surface area contributed by atoms with E-state index >= 15 is 0 Å². The Balaban J connectivity index is 1.39. The second-order valence-electron chi connectivity index (χ2n) is 7.21. The first-order valence-corrected chi connectivity index (χ1v) is 10.3. The van der Waals surface area contributed by atoms with Crippen LogP contribution < -0.4 is 16.8 Å². The molecule has 2 aromatic heterocycles. The monoisotopic (exact) mass is 448 g/mol. The van der Waals surface area contributed by atoms with E-state index in [0.717, 1.165) is 28.1 Å². The van der Waals surface area contributed by atoms with Crippen LogP contribution in [0.2, 0.25) is 0 Å². The lowest BCUT2D eigenvalue weighted by molar-refractivity contribution is -0.137. The lowest BCUT2D eigenvalue weighted by Gasteiger charge is -2.21. The van der Waals surface area contributed by atoms with Crippen molar-refractivity contribution >= 4 is 27.6 Å². The Hall–Kier alpha value is -3.11. The van der Waals surface area contributed by atoms with Gasteiger partial charge < -0.3 is 15.5 Å². The summed E-state index contributed by atoms with van der Waals surface area (Å²) in [6.07, 6.45) is -2.64. The van der Waals surface area contributed by atoms with Crippen LogP contribution in [0.1, 0.15) is 24.0 Å². The summed E-state index contributed by atoms with van der Waals surface area (Å²) in [5.41, 5.74) is 8.27. The Kier molecular flexibility index (Phi) is 5.59. The van der Waals surface area contributed by atoms with Gasteiger partial charge in [-0.2, -0.15) is 13.2 Å². The van der Waals surface area contributed by atoms with Gasteiger partial charge in [0.25, 0.3) is 0 Å². The molecule has 2 atom stereocenters. The largest absolute Gasteiger partial charge is 0.417 e. The first kappa shape index (κ1) is 21.1. The van der Waals surface area contributed by atoms with E-state index in [1.165, 1.54) is 23.5 Å². The van der Waals surface area contributed by atoms with E-state index in [0.29, 0.717) is 22.8 Å². The van der Waals surface area contributed by atoms with E-state index in [1.807, 2.05) is 13.0 Å². The van der Waals surface area contributed by atoms with Gasteiger partial charge in [-0.25, -0.2) is 9.78 Å². The predicted octanol–water partition coefficient (Wildman–Crippen LogP) is 4.81. The Morgan fingerprint density at radius 2 is 1.97 bits per heavy atom. The van der Waals surface area contributed by atoms with Crippen LogP contribution >= 0.6 is 11.3 Å². The Morgan fingerprint density at radius 3 is 2.68 bits per heavy atom. The number of alkyl halides is 3. The topological polar surface area (TPSA) is 96.9 Å². The number of nitrogens with two attached hydrogens (primary N) is 1. The number of nitrogens with one attached hydrogen (secondary N) is 2. The van der Waals surface area contributed by atoms with E-state index in [4.69, 9.17) is 10.2 Å². The van der Waals surface area contributed by atoms with Gasteiger partial charge in [-0.1, -0.05) is 36.5 Å².